The Morgan fingerprint density at radius 3 is 2.13 bits per heavy atom. The van der Waals surface area contributed by atoms with Crippen LogP contribution in [-0.4, -0.2) is 29.3 Å². The van der Waals surface area contributed by atoms with Gasteiger partial charge in [-0.3, -0.25) is 4.79 Å². The van der Waals surface area contributed by atoms with Gasteiger partial charge in [-0.25, -0.2) is 0 Å². The average Bonchev–Trinajstić information content (AvgIpc) is 2.46. The lowest BCUT2D eigenvalue weighted by molar-refractivity contribution is -0.105. The van der Waals surface area contributed by atoms with E-state index in [0.29, 0.717) is 12.2 Å². The second-order valence-electron chi connectivity index (χ2n) is 8.40. The van der Waals surface area contributed by atoms with E-state index in [0.717, 1.165) is 6.29 Å². The number of rotatable bonds is 7. The van der Waals surface area contributed by atoms with Crippen LogP contribution in [-0.2, 0) is 9.22 Å². The minimum Gasteiger partial charge on any atom is -0.416 e. The summed E-state index contributed by atoms with van der Waals surface area (Å²) >= 11 is 0. The van der Waals surface area contributed by atoms with Crippen LogP contribution in [0, 0.1) is 0 Å². The lowest BCUT2D eigenvalue weighted by Gasteiger charge is -2.40. The van der Waals surface area contributed by atoms with Crippen LogP contribution in [0.3, 0.4) is 0 Å². The van der Waals surface area contributed by atoms with Crippen LogP contribution in [0.4, 0.5) is 0 Å². The zero-order valence-corrected chi connectivity index (χ0v) is 17.8. The molecule has 1 atom stereocenters. The third-order valence-corrected chi connectivity index (χ3v) is 14.0. The predicted molar refractivity (Wildman–Crippen MR) is 106 cm³/mol. The SMILES string of the molecule is C=C(C=O)C(CO[Si](C)(C)C(C)(C)C)[Si](C)(C)c1ccccc1. The van der Waals surface area contributed by atoms with E-state index < -0.39 is 16.4 Å². The normalized spacial score (nSPS) is 14.4. The molecule has 1 unspecified atom stereocenters. The van der Waals surface area contributed by atoms with E-state index in [1.807, 2.05) is 6.07 Å². The first-order valence-corrected chi connectivity index (χ1v) is 14.3. The maximum Gasteiger partial charge on any atom is 0.191 e. The topological polar surface area (TPSA) is 26.3 Å². The first-order chi connectivity index (χ1) is 10.4. The number of carbonyl (C=O) groups excluding carboxylic acids is 1. The van der Waals surface area contributed by atoms with Crippen LogP contribution in [0.25, 0.3) is 0 Å². The fraction of sp³-hybridized carbons (Fsp3) is 0.526. The van der Waals surface area contributed by atoms with E-state index in [-0.39, 0.29) is 10.6 Å². The first-order valence-electron chi connectivity index (χ1n) is 8.27. The summed E-state index contributed by atoms with van der Waals surface area (Å²) in [4.78, 5) is 11.4. The van der Waals surface area contributed by atoms with Crippen molar-refractivity contribution < 1.29 is 9.22 Å². The molecule has 0 bridgehead atoms. The number of aldehydes is 1. The molecule has 0 amide bonds. The number of hydrogen-bond donors (Lipinski definition) is 0. The van der Waals surface area contributed by atoms with Crippen molar-refractivity contribution in [3.63, 3.8) is 0 Å². The smallest absolute Gasteiger partial charge is 0.191 e. The molecule has 0 aromatic heterocycles. The van der Waals surface area contributed by atoms with E-state index in [1.54, 1.807) is 0 Å². The lowest BCUT2D eigenvalue weighted by atomic mass is 10.2. The van der Waals surface area contributed by atoms with Crippen molar-refractivity contribution in [2.75, 3.05) is 6.61 Å². The summed E-state index contributed by atoms with van der Waals surface area (Å²) in [7, 11) is -3.73. The van der Waals surface area contributed by atoms with Crippen molar-refractivity contribution in [2.45, 2.75) is 57.5 Å². The van der Waals surface area contributed by atoms with E-state index in [4.69, 9.17) is 4.43 Å². The van der Waals surface area contributed by atoms with Gasteiger partial charge in [-0.15, -0.1) is 0 Å². The molecule has 0 aliphatic rings. The number of hydrogen-bond acceptors (Lipinski definition) is 2. The quantitative estimate of drug-likeness (QED) is 0.404. The Labute approximate surface area is 144 Å². The van der Waals surface area contributed by atoms with Crippen LogP contribution in [0.2, 0.25) is 36.8 Å². The van der Waals surface area contributed by atoms with Crippen LogP contribution >= 0.6 is 0 Å². The van der Waals surface area contributed by atoms with Gasteiger partial charge in [0.2, 0.25) is 0 Å². The maximum absolute atomic E-state index is 11.4. The first kappa shape index (κ1) is 20.1. The van der Waals surface area contributed by atoms with E-state index in [2.05, 4.69) is 77.8 Å². The molecule has 0 fully saturated rings. The zero-order chi connectivity index (χ0) is 17.9. The molecule has 0 saturated carbocycles. The van der Waals surface area contributed by atoms with Gasteiger partial charge in [-0.1, -0.05) is 76.0 Å². The van der Waals surface area contributed by atoms with Gasteiger partial charge in [0, 0.05) is 12.1 Å². The molecule has 4 heteroatoms. The van der Waals surface area contributed by atoms with Crippen molar-refractivity contribution in [1.29, 1.82) is 0 Å². The van der Waals surface area contributed by atoms with Crippen LogP contribution in [0.5, 0.6) is 0 Å². The summed E-state index contributed by atoms with van der Waals surface area (Å²) < 4.78 is 6.44. The molecule has 0 N–H and O–H groups in total. The highest BCUT2D eigenvalue weighted by molar-refractivity contribution is 6.91. The van der Waals surface area contributed by atoms with Gasteiger partial charge in [0.15, 0.2) is 8.32 Å². The number of carbonyl (C=O) groups is 1. The Morgan fingerprint density at radius 1 is 1.17 bits per heavy atom. The molecular formula is C19H32O2Si2. The summed E-state index contributed by atoms with van der Waals surface area (Å²) in [6, 6.07) is 10.5. The van der Waals surface area contributed by atoms with Crippen molar-refractivity contribution >= 4 is 27.9 Å². The average molecular weight is 349 g/mol. The highest BCUT2D eigenvalue weighted by atomic mass is 28.4. The van der Waals surface area contributed by atoms with E-state index in [9.17, 15) is 4.79 Å². The van der Waals surface area contributed by atoms with Crippen LogP contribution < -0.4 is 5.19 Å². The Morgan fingerprint density at radius 2 is 1.70 bits per heavy atom. The standard InChI is InChI=1S/C19H32O2Si2/c1-16(14-20)18(15-21-23(7,8)19(2,3)4)22(5,6)17-12-10-9-11-13-17/h9-14,18H,1,15H2,2-8H3. The molecule has 2 nitrogen and oxygen atoms in total. The minimum atomic E-state index is -1.89. The Balaban J connectivity index is 3.07. The van der Waals surface area contributed by atoms with Crippen LogP contribution in [0.1, 0.15) is 20.8 Å². The summed E-state index contributed by atoms with van der Waals surface area (Å²) in [6.07, 6.45) is 0.914. The molecule has 0 aliphatic carbocycles. The monoisotopic (exact) mass is 348 g/mol. The van der Waals surface area contributed by atoms with Gasteiger partial charge < -0.3 is 4.43 Å². The molecule has 1 aromatic rings. The third kappa shape index (κ3) is 4.75. The molecule has 1 aromatic carbocycles. The van der Waals surface area contributed by atoms with Gasteiger partial charge in [0.05, 0.1) is 8.07 Å². The predicted octanol–water partition coefficient (Wildman–Crippen LogP) is 4.75. The van der Waals surface area contributed by atoms with Crippen LogP contribution in [0.15, 0.2) is 42.5 Å². The fourth-order valence-electron chi connectivity index (χ4n) is 2.44. The molecule has 0 saturated heterocycles. The molecule has 128 valence electrons. The van der Waals surface area contributed by atoms with E-state index in [1.165, 1.54) is 5.19 Å². The highest BCUT2D eigenvalue weighted by Crippen LogP contribution is 2.38. The van der Waals surface area contributed by atoms with Gasteiger partial charge in [-0.2, -0.15) is 0 Å². The second-order valence-corrected chi connectivity index (χ2v) is 17.9. The van der Waals surface area contributed by atoms with Gasteiger partial charge in [-0.05, 0) is 23.7 Å². The van der Waals surface area contributed by atoms with Gasteiger partial charge in [0.25, 0.3) is 0 Å². The Hall–Kier alpha value is -0.976. The fourth-order valence-corrected chi connectivity index (χ4v) is 6.57. The van der Waals surface area contributed by atoms with Crippen molar-refractivity contribution in [3.05, 3.63) is 42.5 Å². The lowest BCUT2D eigenvalue weighted by Crippen LogP contribution is -2.50. The molecule has 1 rings (SSSR count). The third-order valence-electron chi connectivity index (χ3n) is 5.40. The number of benzene rings is 1. The second kappa shape index (κ2) is 7.28. The van der Waals surface area contributed by atoms with Crippen molar-refractivity contribution in [2.24, 2.45) is 0 Å². The van der Waals surface area contributed by atoms with Gasteiger partial charge >= 0.3 is 0 Å². The summed E-state index contributed by atoms with van der Waals surface area (Å²) in [5.41, 5.74) is 0.778. The zero-order valence-electron chi connectivity index (χ0n) is 15.8. The summed E-state index contributed by atoms with van der Waals surface area (Å²) in [6.45, 7) is 20.5. The Bertz CT molecular complexity index is 542. The highest BCUT2D eigenvalue weighted by Gasteiger charge is 2.41. The molecule has 0 spiro atoms. The maximum atomic E-state index is 11.4. The summed E-state index contributed by atoms with van der Waals surface area (Å²) in [5, 5.41) is 1.50. The molecule has 23 heavy (non-hydrogen) atoms. The molecule has 0 heterocycles. The molecule has 0 radical (unpaired) electrons. The molecule has 0 aliphatic heterocycles. The van der Waals surface area contributed by atoms with Crippen molar-refractivity contribution in [3.8, 4) is 0 Å². The van der Waals surface area contributed by atoms with Crippen molar-refractivity contribution in [1.82, 2.24) is 0 Å². The Kier molecular flexibility index (Phi) is 6.35. The molecular weight excluding hydrogens is 316 g/mol. The summed E-state index contributed by atoms with van der Waals surface area (Å²) in [5.74, 6) is 0. The van der Waals surface area contributed by atoms with Gasteiger partial charge in [0.1, 0.15) is 6.29 Å². The van der Waals surface area contributed by atoms with E-state index >= 15 is 0 Å². The minimum absolute atomic E-state index is 0.108. The largest absolute Gasteiger partial charge is 0.416 e.